The molecule has 0 bridgehead atoms. The average molecular weight is 125 g/mol. The number of hydrogen-bond donors (Lipinski definition) is 0. The van der Waals surface area contributed by atoms with Crippen LogP contribution in [0.5, 0.6) is 0 Å². The van der Waals surface area contributed by atoms with Crippen LogP contribution < -0.4 is 0 Å². The molecule has 0 aromatic carbocycles. The van der Waals surface area contributed by atoms with Crippen molar-refractivity contribution in [3.63, 3.8) is 0 Å². The first kappa shape index (κ1) is 5.15. The van der Waals surface area contributed by atoms with E-state index in [1.807, 2.05) is 11.4 Å². The Kier molecular flexibility index (Phi) is 1.51. The zero-order valence-electron chi connectivity index (χ0n) is 3.98. The molecule has 0 radical (unpaired) electrons. The second-order valence-corrected chi connectivity index (χ2v) is 2.07. The third-order valence-corrected chi connectivity index (χ3v) is 1.40. The van der Waals surface area contributed by atoms with Gasteiger partial charge in [-0.15, -0.1) is 11.3 Å². The predicted octanol–water partition coefficient (Wildman–Crippen LogP) is 2.69. The first-order valence-corrected chi connectivity index (χ1v) is 2.90. The van der Waals surface area contributed by atoms with Gasteiger partial charge in [-0.3, -0.25) is 0 Å². The molecule has 0 N–H and O–H groups in total. The summed E-state index contributed by atoms with van der Waals surface area (Å²) in [5.74, 6) is 0. The van der Waals surface area contributed by atoms with Crippen molar-refractivity contribution in [2.75, 3.05) is 0 Å². The van der Waals surface area contributed by atoms with Gasteiger partial charge in [0.2, 0.25) is 0 Å². The Morgan fingerprint density at radius 1 is 1.75 bits per heavy atom. The molecule has 1 aromatic heterocycles. The lowest BCUT2D eigenvalue weighted by atomic mass is 10.6. The molecule has 0 aliphatic rings. The van der Waals surface area contributed by atoms with Gasteiger partial charge in [0.25, 0.3) is 0 Å². The van der Waals surface area contributed by atoms with Crippen molar-refractivity contribution in [3.8, 4) is 0 Å². The summed E-state index contributed by atoms with van der Waals surface area (Å²) >= 11 is 1.43. The van der Waals surface area contributed by atoms with Crippen molar-refractivity contribution in [2.45, 2.75) is 0 Å². The van der Waals surface area contributed by atoms with Crippen LogP contribution in [0.1, 0.15) is 0 Å². The van der Waals surface area contributed by atoms with E-state index < -0.39 is 0 Å². The molecule has 0 amide bonds. The Morgan fingerprint density at radius 3 is 3.12 bits per heavy atom. The van der Waals surface area contributed by atoms with Crippen molar-refractivity contribution < 1.29 is 0 Å². The topological polar surface area (TPSA) is 48.8 Å². The van der Waals surface area contributed by atoms with Crippen LogP contribution in [0.15, 0.2) is 22.6 Å². The fraction of sp³-hybridized carbons (Fsp3) is 0. The van der Waals surface area contributed by atoms with Gasteiger partial charge in [-0.1, -0.05) is 11.2 Å². The maximum absolute atomic E-state index is 7.90. The molecule has 0 aliphatic carbocycles. The van der Waals surface area contributed by atoms with Gasteiger partial charge < -0.3 is 0 Å². The largest absolute Gasteiger partial charge is 0.142 e. The highest BCUT2D eigenvalue weighted by atomic mass is 32.1. The van der Waals surface area contributed by atoms with E-state index in [9.17, 15) is 0 Å². The Bertz CT molecular complexity index is 197. The van der Waals surface area contributed by atoms with Crippen molar-refractivity contribution in [3.05, 3.63) is 28.0 Å². The van der Waals surface area contributed by atoms with Crippen LogP contribution in [0.3, 0.4) is 0 Å². The molecule has 1 aromatic rings. The molecular weight excluding hydrogens is 122 g/mol. The molecule has 0 fully saturated rings. The Balaban J connectivity index is 2.93. The summed E-state index contributed by atoms with van der Waals surface area (Å²) in [5.41, 5.74) is 7.90. The predicted molar refractivity (Wildman–Crippen MR) is 33.1 cm³/mol. The fourth-order valence-electron chi connectivity index (χ4n) is 0.371. The highest BCUT2D eigenvalue weighted by molar-refractivity contribution is 7.13. The van der Waals surface area contributed by atoms with Gasteiger partial charge in [-0.05, 0) is 17.0 Å². The van der Waals surface area contributed by atoms with Crippen LogP contribution in [0.2, 0.25) is 0 Å². The summed E-state index contributed by atoms with van der Waals surface area (Å²) in [6.07, 6.45) is 0. The van der Waals surface area contributed by atoms with Crippen LogP contribution in [0.25, 0.3) is 10.4 Å². The molecule has 8 heavy (non-hydrogen) atoms. The molecule has 0 atom stereocenters. The molecule has 0 saturated heterocycles. The van der Waals surface area contributed by atoms with Crippen LogP contribution in [-0.4, -0.2) is 0 Å². The third-order valence-electron chi connectivity index (χ3n) is 0.649. The Morgan fingerprint density at radius 2 is 2.62 bits per heavy atom. The van der Waals surface area contributed by atoms with Gasteiger partial charge >= 0.3 is 0 Å². The Labute approximate surface area is 50.2 Å². The van der Waals surface area contributed by atoms with Gasteiger partial charge in [0.1, 0.15) is 0 Å². The molecule has 4 heteroatoms. The monoisotopic (exact) mass is 125 g/mol. The smallest absolute Gasteiger partial charge is 0.0902 e. The molecule has 1 rings (SSSR count). The maximum atomic E-state index is 7.90. The van der Waals surface area contributed by atoms with Gasteiger partial charge in [-0.2, -0.15) is 0 Å². The van der Waals surface area contributed by atoms with E-state index in [4.69, 9.17) is 5.53 Å². The molecule has 1 heterocycles. The summed E-state index contributed by atoms with van der Waals surface area (Å²) in [6.45, 7) is 0. The van der Waals surface area contributed by atoms with Crippen LogP contribution in [-0.2, 0) is 0 Å². The first-order valence-electron chi connectivity index (χ1n) is 2.02. The van der Waals surface area contributed by atoms with Crippen LogP contribution >= 0.6 is 11.3 Å². The zero-order chi connectivity index (χ0) is 5.82. The highest BCUT2D eigenvalue weighted by Crippen LogP contribution is 2.18. The SMILES string of the molecule is [N-]=[N+]=Nc1cccs1. The molecular formula is C4H3N3S. The second-order valence-electron chi connectivity index (χ2n) is 1.14. The number of nitrogens with zero attached hydrogens (tertiary/aromatic N) is 3. The lowest BCUT2D eigenvalue weighted by Gasteiger charge is -1.69. The minimum atomic E-state index is 0.715. The molecule has 0 saturated carbocycles. The van der Waals surface area contributed by atoms with Crippen molar-refractivity contribution in [2.24, 2.45) is 5.11 Å². The van der Waals surface area contributed by atoms with Gasteiger partial charge in [0.05, 0.1) is 5.00 Å². The van der Waals surface area contributed by atoms with E-state index in [1.165, 1.54) is 11.3 Å². The van der Waals surface area contributed by atoms with Crippen LogP contribution in [0, 0.1) is 0 Å². The molecule has 3 nitrogen and oxygen atoms in total. The lowest BCUT2D eigenvalue weighted by Crippen LogP contribution is -1.35. The number of azide groups is 1. The minimum Gasteiger partial charge on any atom is -0.142 e. The van der Waals surface area contributed by atoms with Crippen molar-refractivity contribution in [1.82, 2.24) is 0 Å². The van der Waals surface area contributed by atoms with E-state index in [2.05, 4.69) is 10.0 Å². The molecule has 0 unspecified atom stereocenters. The normalized spacial score (nSPS) is 8.00. The third kappa shape index (κ3) is 0.992. The lowest BCUT2D eigenvalue weighted by molar-refractivity contribution is 1.57. The number of rotatable bonds is 1. The summed E-state index contributed by atoms with van der Waals surface area (Å²) in [4.78, 5) is 2.61. The van der Waals surface area contributed by atoms with Crippen molar-refractivity contribution in [1.29, 1.82) is 0 Å². The molecule has 40 valence electrons. The van der Waals surface area contributed by atoms with Crippen LogP contribution in [0.4, 0.5) is 5.00 Å². The molecule has 0 aliphatic heterocycles. The van der Waals surface area contributed by atoms with E-state index in [0.29, 0.717) is 5.00 Å². The van der Waals surface area contributed by atoms with Gasteiger partial charge in [0, 0.05) is 4.91 Å². The summed E-state index contributed by atoms with van der Waals surface area (Å²) in [5, 5.41) is 5.95. The Hall–Kier alpha value is -0.990. The number of hydrogen-bond acceptors (Lipinski definition) is 2. The summed E-state index contributed by atoms with van der Waals surface area (Å²) in [6, 6.07) is 3.61. The molecule has 0 spiro atoms. The van der Waals surface area contributed by atoms with Crippen molar-refractivity contribution >= 4 is 16.3 Å². The van der Waals surface area contributed by atoms with Gasteiger partial charge in [-0.25, -0.2) is 0 Å². The maximum Gasteiger partial charge on any atom is 0.0902 e. The minimum absolute atomic E-state index is 0.715. The van der Waals surface area contributed by atoms with E-state index in [0.717, 1.165) is 0 Å². The van der Waals surface area contributed by atoms with Gasteiger partial charge in [0.15, 0.2) is 0 Å². The zero-order valence-corrected chi connectivity index (χ0v) is 4.80. The van der Waals surface area contributed by atoms with E-state index >= 15 is 0 Å². The number of thiophene rings is 1. The average Bonchev–Trinajstić information content (AvgIpc) is 2.19. The van der Waals surface area contributed by atoms with E-state index in [1.54, 1.807) is 6.07 Å². The quantitative estimate of drug-likeness (QED) is 0.315. The van der Waals surface area contributed by atoms with E-state index in [-0.39, 0.29) is 0 Å². The summed E-state index contributed by atoms with van der Waals surface area (Å²) in [7, 11) is 0. The highest BCUT2D eigenvalue weighted by Gasteiger charge is 1.81. The second kappa shape index (κ2) is 2.35. The fourth-order valence-corrected chi connectivity index (χ4v) is 0.908. The standard InChI is InChI=1S/C4H3N3S/c5-7-6-4-2-1-3-8-4/h1-3H. The first-order chi connectivity index (χ1) is 3.93. The summed E-state index contributed by atoms with van der Waals surface area (Å²) < 4.78 is 0.